The molecular formula is C13H15ClO3S. The molecule has 0 bridgehead atoms. The number of carbonyl (C=O) groups is 1. The van der Waals surface area contributed by atoms with Gasteiger partial charge in [0.25, 0.3) is 0 Å². The van der Waals surface area contributed by atoms with Crippen LogP contribution >= 0.6 is 11.6 Å². The Kier molecular flexibility index (Phi) is 4.92. The van der Waals surface area contributed by atoms with Crippen LogP contribution in [0.5, 0.6) is 0 Å². The Hall–Kier alpha value is -0.710. The number of rotatable bonds is 5. The van der Waals surface area contributed by atoms with E-state index < -0.39 is 10.8 Å². The molecule has 0 spiro atoms. The number of benzene rings is 1. The molecule has 1 heterocycles. The van der Waals surface area contributed by atoms with Crippen LogP contribution in [0.2, 0.25) is 5.02 Å². The van der Waals surface area contributed by atoms with Crippen LogP contribution < -0.4 is 0 Å². The van der Waals surface area contributed by atoms with Gasteiger partial charge in [-0.05, 0) is 18.1 Å². The Balaban J connectivity index is 1.89. The van der Waals surface area contributed by atoms with Crippen LogP contribution in [-0.2, 0) is 26.1 Å². The molecule has 0 N–H and O–H groups in total. The number of hydrogen-bond donors (Lipinski definition) is 0. The zero-order chi connectivity index (χ0) is 13.0. The van der Waals surface area contributed by atoms with E-state index in [1.807, 2.05) is 18.2 Å². The first-order valence-corrected chi connectivity index (χ1v) is 7.72. The lowest BCUT2D eigenvalue weighted by atomic mass is 10.1. The number of Topliss-reactive ketones (excluding diaryl/α,β-unsaturated/α-hetero) is 1. The van der Waals surface area contributed by atoms with Gasteiger partial charge in [-0.25, -0.2) is 0 Å². The van der Waals surface area contributed by atoms with Crippen molar-refractivity contribution >= 4 is 28.2 Å². The minimum absolute atomic E-state index is 0.0397. The standard InChI is InChI=1S/C13H15ClO3S/c14-12-4-2-1-3-11(12)8-18(16)9-13(15)10-5-6-17-7-10/h1-4,10H,5-9H2. The highest BCUT2D eigenvalue weighted by molar-refractivity contribution is 7.84. The van der Waals surface area contributed by atoms with E-state index >= 15 is 0 Å². The fraction of sp³-hybridized carbons (Fsp3) is 0.462. The average molecular weight is 287 g/mol. The maximum Gasteiger partial charge on any atom is 0.150 e. The lowest BCUT2D eigenvalue weighted by molar-refractivity contribution is -0.120. The van der Waals surface area contributed by atoms with Crippen molar-refractivity contribution in [2.24, 2.45) is 5.92 Å². The van der Waals surface area contributed by atoms with Crippen molar-refractivity contribution in [1.29, 1.82) is 0 Å². The second kappa shape index (κ2) is 6.45. The number of hydrogen-bond acceptors (Lipinski definition) is 3. The third-order valence-electron chi connectivity index (χ3n) is 2.96. The zero-order valence-corrected chi connectivity index (χ0v) is 11.5. The van der Waals surface area contributed by atoms with Crippen molar-refractivity contribution in [3.05, 3.63) is 34.9 Å². The minimum atomic E-state index is -1.20. The molecule has 1 fully saturated rings. The molecule has 98 valence electrons. The predicted octanol–water partition coefficient (Wildman–Crippen LogP) is 2.19. The highest BCUT2D eigenvalue weighted by atomic mass is 35.5. The Morgan fingerprint density at radius 1 is 1.44 bits per heavy atom. The number of carbonyl (C=O) groups excluding carboxylic acids is 1. The lowest BCUT2D eigenvalue weighted by Gasteiger charge is -2.07. The highest BCUT2D eigenvalue weighted by Crippen LogP contribution is 2.18. The third kappa shape index (κ3) is 3.64. The van der Waals surface area contributed by atoms with Gasteiger partial charge < -0.3 is 4.74 Å². The van der Waals surface area contributed by atoms with Crippen molar-refractivity contribution in [3.63, 3.8) is 0 Å². The monoisotopic (exact) mass is 286 g/mol. The van der Waals surface area contributed by atoms with Gasteiger partial charge in [0, 0.05) is 28.3 Å². The molecule has 1 aliphatic heterocycles. The SMILES string of the molecule is O=C(CS(=O)Cc1ccccc1Cl)C1CCOC1. The first-order chi connectivity index (χ1) is 8.66. The average Bonchev–Trinajstić information content (AvgIpc) is 2.85. The molecule has 0 aliphatic carbocycles. The van der Waals surface area contributed by atoms with E-state index in [9.17, 15) is 9.00 Å². The van der Waals surface area contributed by atoms with Crippen LogP contribution in [0.3, 0.4) is 0 Å². The fourth-order valence-electron chi connectivity index (χ4n) is 1.90. The summed E-state index contributed by atoms with van der Waals surface area (Å²) in [6.45, 7) is 1.11. The smallest absolute Gasteiger partial charge is 0.150 e. The third-order valence-corrected chi connectivity index (χ3v) is 4.57. The molecule has 2 atom stereocenters. The summed E-state index contributed by atoms with van der Waals surface area (Å²) in [5, 5.41) is 0.600. The van der Waals surface area contributed by atoms with Gasteiger partial charge in [0.15, 0.2) is 5.78 Å². The minimum Gasteiger partial charge on any atom is -0.381 e. The van der Waals surface area contributed by atoms with E-state index in [-0.39, 0.29) is 17.5 Å². The van der Waals surface area contributed by atoms with E-state index in [0.29, 0.717) is 24.0 Å². The summed E-state index contributed by atoms with van der Waals surface area (Å²) in [6.07, 6.45) is 0.752. The molecule has 1 saturated heterocycles. The molecular weight excluding hydrogens is 272 g/mol. The molecule has 3 nitrogen and oxygen atoms in total. The summed E-state index contributed by atoms with van der Waals surface area (Å²) in [5.41, 5.74) is 0.827. The summed E-state index contributed by atoms with van der Waals surface area (Å²) >= 11 is 5.99. The molecule has 2 unspecified atom stereocenters. The Morgan fingerprint density at radius 3 is 2.89 bits per heavy atom. The molecule has 0 aromatic heterocycles. The van der Waals surface area contributed by atoms with Gasteiger partial charge in [-0.1, -0.05) is 29.8 Å². The maximum atomic E-state index is 11.9. The van der Waals surface area contributed by atoms with Crippen molar-refractivity contribution in [1.82, 2.24) is 0 Å². The van der Waals surface area contributed by atoms with E-state index in [4.69, 9.17) is 16.3 Å². The van der Waals surface area contributed by atoms with Gasteiger partial charge in [0.1, 0.15) is 0 Å². The molecule has 2 rings (SSSR count). The summed E-state index contributed by atoms with van der Waals surface area (Å²) in [7, 11) is -1.20. The van der Waals surface area contributed by atoms with Crippen molar-refractivity contribution < 1.29 is 13.7 Å². The van der Waals surface area contributed by atoms with E-state index in [1.165, 1.54) is 0 Å². The van der Waals surface area contributed by atoms with Crippen LogP contribution in [0.15, 0.2) is 24.3 Å². The molecule has 18 heavy (non-hydrogen) atoms. The Labute approximate surface area is 114 Å². The van der Waals surface area contributed by atoms with Gasteiger partial charge in [-0.3, -0.25) is 9.00 Å². The number of ether oxygens (including phenoxy) is 1. The van der Waals surface area contributed by atoms with Gasteiger partial charge in [-0.15, -0.1) is 0 Å². The summed E-state index contributed by atoms with van der Waals surface area (Å²) in [4.78, 5) is 11.8. The van der Waals surface area contributed by atoms with Crippen LogP contribution in [0.25, 0.3) is 0 Å². The number of halogens is 1. The van der Waals surface area contributed by atoms with Gasteiger partial charge in [0.2, 0.25) is 0 Å². The largest absolute Gasteiger partial charge is 0.381 e. The molecule has 1 aromatic carbocycles. The fourth-order valence-corrected chi connectivity index (χ4v) is 3.44. The maximum absolute atomic E-state index is 11.9. The zero-order valence-electron chi connectivity index (χ0n) is 9.93. The number of ketones is 1. The molecule has 5 heteroatoms. The molecule has 1 aliphatic rings. The van der Waals surface area contributed by atoms with Crippen molar-refractivity contribution in [2.75, 3.05) is 19.0 Å². The van der Waals surface area contributed by atoms with E-state index in [0.717, 1.165) is 12.0 Å². The second-order valence-corrected chi connectivity index (χ2v) is 6.21. The van der Waals surface area contributed by atoms with Crippen LogP contribution in [0, 0.1) is 5.92 Å². The van der Waals surface area contributed by atoms with E-state index in [2.05, 4.69) is 0 Å². The first kappa shape index (κ1) is 13.7. The molecule has 0 amide bonds. The normalized spacial score (nSPS) is 20.8. The van der Waals surface area contributed by atoms with E-state index in [1.54, 1.807) is 6.07 Å². The Morgan fingerprint density at radius 2 is 2.22 bits per heavy atom. The van der Waals surface area contributed by atoms with Crippen LogP contribution in [0.1, 0.15) is 12.0 Å². The highest BCUT2D eigenvalue weighted by Gasteiger charge is 2.24. The van der Waals surface area contributed by atoms with Crippen LogP contribution in [-0.4, -0.2) is 29.0 Å². The van der Waals surface area contributed by atoms with Crippen LogP contribution in [0.4, 0.5) is 0 Å². The second-order valence-electron chi connectivity index (χ2n) is 4.35. The lowest BCUT2D eigenvalue weighted by Crippen LogP contribution is -2.21. The predicted molar refractivity (Wildman–Crippen MR) is 72.1 cm³/mol. The molecule has 1 aromatic rings. The quantitative estimate of drug-likeness (QED) is 0.833. The van der Waals surface area contributed by atoms with Gasteiger partial charge in [-0.2, -0.15) is 0 Å². The van der Waals surface area contributed by atoms with Crippen molar-refractivity contribution in [3.8, 4) is 0 Å². The Bertz CT molecular complexity index is 455. The molecule has 0 radical (unpaired) electrons. The molecule has 0 saturated carbocycles. The van der Waals surface area contributed by atoms with Gasteiger partial charge >= 0.3 is 0 Å². The topological polar surface area (TPSA) is 43.4 Å². The van der Waals surface area contributed by atoms with Gasteiger partial charge in [0.05, 0.1) is 18.1 Å². The van der Waals surface area contributed by atoms with Crippen molar-refractivity contribution in [2.45, 2.75) is 12.2 Å². The summed E-state index contributed by atoms with van der Waals surface area (Å²) < 4.78 is 17.1. The summed E-state index contributed by atoms with van der Waals surface area (Å²) in [6, 6.07) is 7.28. The first-order valence-electron chi connectivity index (χ1n) is 5.85. The summed E-state index contributed by atoms with van der Waals surface area (Å²) in [5.74, 6) is 0.399.